The smallest absolute Gasteiger partial charge is 0.271 e. The Labute approximate surface area is 221 Å². The highest BCUT2D eigenvalue weighted by Crippen LogP contribution is 2.24. The average molecular weight is 504 g/mol. The maximum atomic E-state index is 13.1. The van der Waals surface area contributed by atoms with Gasteiger partial charge < -0.3 is 19.9 Å². The molecule has 0 spiro atoms. The first-order chi connectivity index (χ1) is 17.8. The molecule has 198 valence electrons. The molecule has 1 unspecified atom stereocenters. The number of piperazine rings is 1. The fraction of sp³-hybridized carbons (Fsp3) is 0.467. The topological polar surface area (TPSA) is 73.6 Å². The van der Waals surface area contributed by atoms with E-state index in [9.17, 15) is 9.90 Å². The maximum Gasteiger partial charge on any atom is 0.271 e. The van der Waals surface area contributed by atoms with E-state index in [1.165, 1.54) is 22.4 Å². The summed E-state index contributed by atoms with van der Waals surface area (Å²) in [6.45, 7) is 14.8. The van der Waals surface area contributed by atoms with Gasteiger partial charge in [0, 0.05) is 57.1 Å². The number of anilines is 1. The van der Waals surface area contributed by atoms with Crippen molar-refractivity contribution in [2.24, 2.45) is 0 Å². The van der Waals surface area contributed by atoms with Crippen molar-refractivity contribution in [3.05, 3.63) is 76.4 Å². The van der Waals surface area contributed by atoms with Crippen LogP contribution in [0.3, 0.4) is 0 Å². The molecule has 1 amide bonds. The summed E-state index contributed by atoms with van der Waals surface area (Å²) >= 11 is 0. The molecule has 0 radical (unpaired) electrons. The van der Waals surface area contributed by atoms with Crippen molar-refractivity contribution >= 4 is 11.6 Å². The number of rotatable bonds is 9. The third-order valence-corrected chi connectivity index (χ3v) is 7.41. The molecule has 4 rings (SSSR count). The second kappa shape index (κ2) is 11.9. The number of nitrogens with zero attached hydrogens (tertiary/aromatic N) is 4. The van der Waals surface area contributed by atoms with Crippen LogP contribution in [-0.2, 0) is 6.42 Å². The van der Waals surface area contributed by atoms with Gasteiger partial charge in [-0.05, 0) is 63.4 Å². The zero-order valence-corrected chi connectivity index (χ0v) is 22.9. The van der Waals surface area contributed by atoms with Crippen LogP contribution in [0.1, 0.15) is 52.0 Å². The van der Waals surface area contributed by atoms with Crippen LogP contribution in [0.25, 0.3) is 5.69 Å². The Bertz CT molecular complexity index is 1210. The molecule has 0 aliphatic carbocycles. The monoisotopic (exact) mass is 503 g/mol. The third-order valence-electron chi connectivity index (χ3n) is 7.41. The second-order valence-electron chi connectivity index (χ2n) is 10.3. The summed E-state index contributed by atoms with van der Waals surface area (Å²) in [4.78, 5) is 22.5. The zero-order chi connectivity index (χ0) is 26.5. The van der Waals surface area contributed by atoms with E-state index < -0.39 is 6.10 Å². The summed E-state index contributed by atoms with van der Waals surface area (Å²) in [6, 6.07) is 14.7. The fourth-order valence-electron chi connectivity index (χ4n) is 5.11. The molecule has 1 aromatic heterocycles. The number of aryl methyl sites for hydroxylation is 3. The first-order valence-corrected chi connectivity index (χ1v) is 13.4. The minimum atomic E-state index is -0.634. The predicted molar refractivity (Wildman–Crippen MR) is 150 cm³/mol. The summed E-state index contributed by atoms with van der Waals surface area (Å²) in [6.07, 6.45) is 1.10. The average Bonchev–Trinajstić information content (AvgIpc) is 3.21. The van der Waals surface area contributed by atoms with Crippen LogP contribution >= 0.6 is 0 Å². The lowest BCUT2D eigenvalue weighted by Gasteiger charge is -2.37. The van der Waals surface area contributed by atoms with Crippen LogP contribution in [0.2, 0.25) is 0 Å². The van der Waals surface area contributed by atoms with Crippen LogP contribution in [-0.4, -0.2) is 70.8 Å². The quantitative estimate of drug-likeness (QED) is 0.462. The molecule has 7 heteroatoms. The second-order valence-corrected chi connectivity index (χ2v) is 10.3. The van der Waals surface area contributed by atoms with Crippen LogP contribution in [0, 0.1) is 27.7 Å². The molecule has 1 aliphatic rings. The molecular weight excluding hydrogens is 462 g/mol. The molecule has 1 aliphatic heterocycles. The van der Waals surface area contributed by atoms with Gasteiger partial charge in [0.1, 0.15) is 11.5 Å². The molecular formula is C30H41N5O2. The number of benzene rings is 2. The van der Waals surface area contributed by atoms with Gasteiger partial charge in [0.15, 0.2) is 0 Å². The highest BCUT2D eigenvalue weighted by Gasteiger charge is 2.23. The summed E-state index contributed by atoms with van der Waals surface area (Å²) in [5.74, 6) is 0.649. The van der Waals surface area contributed by atoms with E-state index in [4.69, 9.17) is 4.98 Å². The summed E-state index contributed by atoms with van der Waals surface area (Å²) < 4.78 is 2.07. The van der Waals surface area contributed by atoms with Gasteiger partial charge >= 0.3 is 0 Å². The number of imidazole rings is 1. The normalized spacial score (nSPS) is 15.1. The number of β-amino-alcohol motifs (C(OH)–C–C–N with tert-alkyl or cyclic N) is 1. The number of aromatic nitrogens is 2. The molecule has 2 heterocycles. The van der Waals surface area contributed by atoms with Crippen LogP contribution in [0.4, 0.5) is 5.69 Å². The van der Waals surface area contributed by atoms with Gasteiger partial charge in [-0.2, -0.15) is 0 Å². The molecule has 1 fully saturated rings. The highest BCUT2D eigenvalue weighted by atomic mass is 16.3. The Kier molecular flexibility index (Phi) is 8.67. The minimum absolute atomic E-state index is 0.204. The van der Waals surface area contributed by atoms with Gasteiger partial charge in [-0.3, -0.25) is 9.69 Å². The number of aliphatic hydroxyl groups is 1. The molecule has 1 atom stereocenters. The molecule has 7 nitrogen and oxygen atoms in total. The van der Waals surface area contributed by atoms with Gasteiger partial charge in [-0.1, -0.05) is 36.8 Å². The van der Waals surface area contributed by atoms with E-state index in [-0.39, 0.29) is 12.5 Å². The van der Waals surface area contributed by atoms with Crippen molar-refractivity contribution in [2.75, 3.05) is 44.2 Å². The largest absolute Gasteiger partial charge is 0.390 e. The van der Waals surface area contributed by atoms with Crippen LogP contribution < -0.4 is 10.2 Å². The first kappa shape index (κ1) is 26.9. The highest BCUT2D eigenvalue weighted by molar-refractivity contribution is 5.93. The lowest BCUT2D eigenvalue weighted by molar-refractivity contribution is 0.0847. The van der Waals surface area contributed by atoms with E-state index in [0.717, 1.165) is 56.2 Å². The van der Waals surface area contributed by atoms with E-state index in [2.05, 4.69) is 89.8 Å². The Morgan fingerprint density at radius 2 is 1.73 bits per heavy atom. The van der Waals surface area contributed by atoms with E-state index >= 15 is 0 Å². The Morgan fingerprint density at radius 3 is 2.41 bits per heavy atom. The molecule has 0 bridgehead atoms. The van der Waals surface area contributed by atoms with Crippen LogP contribution in [0.5, 0.6) is 0 Å². The van der Waals surface area contributed by atoms with Gasteiger partial charge in [0.2, 0.25) is 0 Å². The Hall–Kier alpha value is -3.16. The zero-order valence-electron chi connectivity index (χ0n) is 22.9. The predicted octanol–water partition coefficient (Wildman–Crippen LogP) is 3.97. The number of carbonyl (C=O) groups is 1. The molecule has 2 N–H and O–H groups in total. The van der Waals surface area contributed by atoms with Crippen molar-refractivity contribution in [3.63, 3.8) is 0 Å². The van der Waals surface area contributed by atoms with Crippen molar-refractivity contribution in [1.29, 1.82) is 0 Å². The van der Waals surface area contributed by atoms with Gasteiger partial charge in [-0.15, -0.1) is 0 Å². The number of carbonyl (C=O) groups excluding carboxylic acids is 1. The third kappa shape index (κ3) is 6.22. The fourth-order valence-corrected chi connectivity index (χ4v) is 5.11. The minimum Gasteiger partial charge on any atom is -0.390 e. The Balaban J connectivity index is 1.33. The lowest BCUT2D eigenvalue weighted by atomic mass is 10.1. The number of aliphatic hydroxyl groups excluding tert-OH is 1. The standard InChI is InChI=1S/C30H41N5O2/c1-6-8-28-32-29(24(5)35(28)25-13-11-21(2)12-14-25)30(37)31-19-26(36)20-33-15-17-34(18-16-33)27-10-7-9-22(3)23(27)4/h7,9-14,26,36H,6,8,15-20H2,1-5H3,(H,31,37). The molecule has 37 heavy (non-hydrogen) atoms. The van der Waals surface area contributed by atoms with Gasteiger partial charge in [0.05, 0.1) is 11.8 Å². The number of hydrogen-bond acceptors (Lipinski definition) is 5. The van der Waals surface area contributed by atoms with Crippen molar-refractivity contribution < 1.29 is 9.90 Å². The van der Waals surface area contributed by atoms with Crippen molar-refractivity contribution in [2.45, 2.75) is 53.6 Å². The number of hydrogen-bond donors (Lipinski definition) is 2. The van der Waals surface area contributed by atoms with Crippen LogP contribution in [0.15, 0.2) is 42.5 Å². The van der Waals surface area contributed by atoms with Crippen molar-refractivity contribution in [1.82, 2.24) is 19.8 Å². The first-order valence-electron chi connectivity index (χ1n) is 13.4. The van der Waals surface area contributed by atoms with Gasteiger partial charge in [0.25, 0.3) is 5.91 Å². The van der Waals surface area contributed by atoms with E-state index in [0.29, 0.717) is 12.2 Å². The SMILES string of the molecule is CCCc1nc(C(=O)NCC(O)CN2CCN(c3cccc(C)c3C)CC2)c(C)n1-c1ccc(C)cc1. The lowest BCUT2D eigenvalue weighted by Crippen LogP contribution is -2.50. The van der Waals surface area contributed by atoms with Crippen molar-refractivity contribution in [3.8, 4) is 5.69 Å². The summed E-state index contributed by atoms with van der Waals surface area (Å²) in [7, 11) is 0. The van der Waals surface area contributed by atoms with E-state index in [1.54, 1.807) is 0 Å². The molecule has 1 saturated heterocycles. The number of amides is 1. The van der Waals surface area contributed by atoms with E-state index in [1.807, 2.05) is 6.92 Å². The molecule has 0 saturated carbocycles. The maximum absolute atomic E-state index is 13.1. The number of nitrogens with one attached hydrogen (secondary N) is 1. The van der Waals surface area contributed by atoms with Gasteiger partial charge in [-0.25, -0.2) is 4.98 Å². The summed E-state index contributed by atoms with van der Waals surface area (Å²) in [5, 5.41) is 13.6. The molecule has 2 aromatic carbocycles. The molecule has 3 aromatic rings. The summed E-state index contributed by atoms with van der Waals surface area (Å²) in [5.41, 5.74) is 7.40. The Morgan fingerprint density at radius 1 is 1.03 bits per heavy atom.